The Morgan fingerprint density at radius 1 is 0.935 bits per heavy atom. The minimum Gasteiger partial charge on any atom is -0.497 e. The summed E-state index contributed by atoms with van der Waals surface area (Å²) in [5.74, 6) is 2.28. The van der Waals surface area contributed by atoms with E-state index in [1.54, 1.807) is 14.2 Å². The van der Waals surface area contributed by atoms with Crippen molar-refractivity contribution in [3.8, 4) is 22.8 Å². The number of hydrogen-bond acceptors (Lipinski definition) is 6. The Labute approximate surface area is 189 Å². The summed E-state index contributed by atoms with van der Waals surface area (Å²) in [6.45, 7) is 2.68. The zero-order valence-electron chi connectivity index (χ0n) is 17.4. The highest BCUT2D eigenvalue weighted by molar-refractivity contribution is 9.10. The van der Waals surface area contributed by atoms with Crippen LogP contribution in [0, 0.1) is 0 Å². The number of carbonyl (C=O) groups is 1. The van der Waals surface area contributed by atoms with Crippen molar-refractivity contribution in [3.05, 3.63) is 64.6 Å². The first-order valence-electron chi connectivity index (χ1n) is 9.95. The van der Waals surface area contributed by atoms with E-state index in [0.717, 1.165) is 21.6 Å². The molecule has 0 bridgehead atoms. The first-order valence-corrected chi connectivity index (χ1v) is 10.7. The van der Waals surface area contributed by atoms with Gasteiger partial charge in [-0.1, -0.05) is 22.0 Å². The third-order valence-electron chi connectivity index (χ3n) is 5.30. The summed E-state index contributed by atoms with van der Waals surface area (Å²) in [5, 5.41) is 8.83. The third kappa shape index (κ3) is 4.64. The summed E-state index contributed by atoms with van der Waals surface area (Å²) in [6.07, 6.45) is 0. The maximum absolute atomic E-state index is 12.7. The summed E-state index contributed by atoms with van der Waals surface area (Å²) in [4.78, 5) is 16.8. The lowest BCUT2D eigenvalue weighted by molar-refractivity contribution is 0.0746. The molecule has 4 rings (SSSR count). The second kappa shape index (κ2) is 9.34. The van der Waals surface area contributed by atoms with E-state index in [-0.39, 0.29) is 5.91 Å². The Balaban J connectivity index is 1.44. The monoisotopic (exact) mass is 482 g/mol. The summed E-state index contributed by atoms with van der Waals surface area (Å²) in [6, 6.07) is 17.0. The van der Waals surface area contributed by atoms with Crippen LogP contribution in [0.5, 0.6) is 11.5 Å². The van der Waals surface area contributed by atoms with Crippen molar-refractivity contribution >= 4 is 27.7 Å². The minimum atomic E-state index is 0.0486. The van der Waals surface area contributed by atoms with Gasteiger partial charge >= 0.3 is 0 Å². The maximum Gasteiger partial charge on any atom is 0.254 e. The number of benzene rings is 2. The molecule has 0 spiro atoms. The van der Waals surface area contributed by atoms with Crippen LogP contribution >= 0.6 is 15.9 Å². The van der Waals surface area contributed by atoms with E-state index >= 15 is 0 Å². The molecule has 0 radical (unpaired) electrons. The molecule has 1 saturated heterocycles. The molecule has 160 valence electrons. The average molecular weight is 483 g/mol. The van der Waals surface area contributed by atoms with E-state index in [1.165, 1.54) is 0 Å². The van der Waals surface area contributed by atoms with E-state index in [4.69, 9.17) is 9.47 Å². The van der Waals surface area contributed by atoms with Crippen LogP contribution in [-0.2, 0) is 0 Å². The maximum atomic E-state index is 12.7. The molecule has 8 heteroatoms. The first kappa shape index (κ1) is 21.1. The van der Waals surface area contributed by atoms with Crippen molar-refractivity contribution in [2.24, 2.45) is 0 Å². The Bertz CT molecular complexity index is 1070. The van der Waals surface area contributed by atoms with Gasteiger partial charge in [-0.2, -0.15) is 0 Å². The lowest BCUT2D eigenvalue weighted by Gasteiger charge is -2.35. The van der Waals surface area contributed by atoms with Gasteiger partial charge in [0.15, 0.2) is 5.82 Å². The molecule has 0 saturated carbocycles. The van der Waals surface area contributed by atoms with Gasteiger partial charge in [0, 0.05) is 41.8 Å². The highest BCUT2D eigenvalue weighted by atomic mass is 79.9. The van der Waals surface area contributed by atoms with Crippen LogP contribution < -0.4 is 14.4 Å². The number of aromatic nitrogens is 2. The lowest BCUT2D eigenvalue weighted by atomic mass is 10.1. The molecule has 3 aromatic rings. The normalized spacial score (nSPS) is 13.8. The van der Waals surface area contributed by atoms with Crippen LogP contribution in [0.3, 0.4) is 0 Å². The highest BCUT2D eigenvalue weighted by Gasteiger charge is 2.23. The first-order chi connectivity index (χ1) is 15.1. The van der Waals surface area contributed by atoms with E-state index in [0.29, 0.717) is 43.2 Å². The van der Waals surface area contributed by atoms with Gasteiger partial charge in [0.2, 0.25) is 0 Å². The molecule has 0 aliphatic carbocycles. The second-order valence-corrected chi connectivity index (χ2v) is 8.05. The molecule has 1 aromatic heterocycles. The fraction of sp³-hybridized carbons (Fsp3) is 0.261. The topological polar surface area (TPSA) is 67.8 Å². The van der Waals surface area contributed by atoms with Gasteiger partial charge in [0.1, 0.15) is 11.5 Å². The van der Waals surface area contributed by atoms with Crippen LogP contribution in [0.4, 0.5) is 5.82 Å². The largest absolute Gasteiger partial charge is 0.497 e. The molecule has 0 atom stereocenters. The number of halogens is 1. The van der Waals surface area contributed by atoms with Crippen LogP contribution in [0.1, 0.15) is 10.4 Å². The number of anilines is 1. The average Bonchev–Trinajstić information content (AvgIpc) is 2.83. The zero-order valence-corrected chi connectivity index (χ0v) is 19.0. The molecule has 2 heterocycles. The number of carbonyl (C=O) groups excluding carboxylic acids is 1. The Hall–Kier alpha value is -3.13. The quantitative estimate of drug-likeness (QED) is 0.549. The number of amides is 1. The summed E-state index contributed by atoms with van der Waals surface area (Å²) >= 11 is 3.43. The number of rotatable bonds is 5. The van der Waals surface area contributed by atoms with Gasteiger partial charge in [0.05, 0.1) is 19.9 Å². The molecule has 1 aliphatic heterocycles. The highest BCUT2D eigenvalue weighted by Crippen LogP contribution is 2.32. The van der Waals surface area contributed by atoms with Crippen LogP contribution in [-0.4, -0.2) is 61.4 Å². The summed E-state index contributed by atoms with van der Waals surface area (Å²) in [5.41, 5.74) is 2.23. The molecule has 2 aromatic carbocycles. The van der Waals surface area contributed by atoms with E-state index < -0.39 is 0 Å². The number of hydrogen-bond donors (Lipinski definition) is 0. The van der Waals surface area contributed by atoms with Crippen LogP contribution in [0.25, 0.3) is 11.3 Å². The second-order valence-electron chi connectivity index (χ2n) is 7.13. The van der Waals surface area contributed by atoms with Crippen LogP contribution in [0.15, 0.2) is 59.1 Å². The Morgan fingerprint density at radius 2 is 1.74 bits per heavy atom. The van der Waals surface area contributed by atoms with Gasteiger partial charge in [-0.15, -0.1) is 10.2 Å². The molecule has 1 amide bonds. The van der Waals surface area contributed by atoms with E-state index in [2.05, 4.69) is 31.0 Å². The number of ether oxygens (including phenoxy) is 2. The van der Waals surface area contributed by atoms with Crippen molar-refractivity contribution in [1.29, 1.82) is 0 Å². The molecular formula is C23H23BrN4O3. The lowest BCUT2D eigenvalue weighted by Crippen LogP contribution is -2.49. The number of piperazine rings is 1. The Morgan fingerprint density at radius 3 is 2.39 bits per heavy atom. The zero-order chi connectivity index (χ0) is 21.8. The van der Waals surface area contributed by atoms with Crippen molar-refractivity contribution in [1.82, 2.24) is 15.1 Å². The molecule has 31 heavy (non-hydrogen) atoms. The van der Waals surface area contributed by atoms with Crippen molar-refractivity contribution < 1.29 is 14.3 Å². The number of nitrogens with zero attached hydrogens (tertiary/aromatic N) is 4. The van der Waals surface area contributed by atoms with Gasteiger partial charge in [-0.3, -0.25) is 4.79 Å². The molecule has 0 unspecified atom stereocenters. The predicted octanol–water partition coefficient (Wildman–Crippen LogP) is 3.89. The predicted molar refractivity (Wildman–Crippen MR) is 123 cm³/mol. The minimum absolute atomic E-state index is 0.0486. The van der Waals surface area contributed by atoms with Crippen LogP contribution in [0.2, 0.25) is 0 Å². The molecule has 7 nitrogen and oxygen atoms in total. The summed E-state index contributed by atoms with van der Waals surface area (Å²) in [7, 11) is 3.25. The third-order valence-corrected chi connectivity index (χ3v) is 5.79. The van der Waals surface area contributed by atoms with Gasteiger partial charge < -0.3 is 19.3 Å². The summed E-state index contributed by atoms with van der Waals surface area (Å²) < 4.78 is 11.7. The van der Waals surface area contributed by atoms with Crippen molar-refractivity contribution in [3.63, 3.8) is 0 Å². The van der Waals surface area contributed by atoms with Crippen molar-refractivity contribution in [2.45, 2.75) is 0 Å². The van der Waals surface area contributed by atoms with Gasteiger partial charge in [-0.05, 0) is 48.5 Å². The smallest absolute Gasteiger partial charge is 0.254 e. The fourth-order valence-corrected chi connectivity index (χ4v) is 3.99. The molecule has 0 N–H and O–H groups in total. The standard InChI is InChI=1S/C23H23BrN4O3/c1-30-18-6-8-21(31-2)19(15-18)20-7-9-22(26-25-20)27-10-12-28(13-11-27)23(29)16-4-3-5-17(24)14-16/h3-9,14-15H,10-13H2,1-2H3. The molecular weight excluding hydrogens is 460 g/mol. The van der Waals surface area contributed by atoms with E-state index in [9.17, 15) is 4.79 Å². The fourth-order valence-electron chi connectivity index (χ4n) is 3.59. The number of methoxy groups -OCH3 is 2. The Kier molecular flexibility index (Phi) is 6.36. The molecule has 1 fully saturated rings. The molecule has 1 aliphatic rings. The SMILES string of the molecule is COc1ccc(OC)c(-c2ccc(N3CCN(C(=O)c4cccc(Br)c4)CC3)nn2)c1. The van der Waals surface area contributed by atoms with Gasteiger partial charge in [0.25, 0.3) is 5.91 Å². The van der Waals surface area contributed by atoms with E-state index in [1.807, 2.05) is 59.5 Å². The van der Waals surface area contributed by atoms with Crippen molar-refractivity contribution in [2.75, 3.05) is 45.3 Å². The van der Waals surface area contributed by atoms with Gasteiger partial charge in [-0.25, -0.2) is 0 Å².